The van der Waals surface area contributed by atoms with Gasteiger partial charge in [0.05, 0.1) is 0 Å². The summed E-state index contributed by atoms with van der Waals surface area (Å²) in [4.78, 5) is 8.34. The molecule has 106 valence electrons. The molecule has 2 N–H and O–H groups in total. The van der Waals surface area contributed by atoms with Crippen molar-refractivity contribution < 1.29 is 0 Å². The summed E-state index contributed by atoms with van der Waals surface area (Å²) in [5, 5.41) is 6.26. The van der Waals surface area contributed by atoms with E-state index in [0.717, 1.165) is 24.9 Å². The van der Waals surface area contributed by atoms with Crippen LogP contribution in [0, 0.1) is 6.92 Å². The van der Waals surface area contributed by atoms with Crippen LogP contribution in [0.5, 0.6) is 0 Å². The molecule has 5 nitrogen and oxygen atoms in total. The minimum atomic E-state index is 0.754. The fourth-order valence-corrected chi connectivity index (χ4v) is 2.07. The Bertz CT molecular complexity index is 585. The normalized spacial score (nSPS) is 11.4. The van der Waals surface area contributed by atoms with Crippen molar-refractivity contribution in [3.63, 3.8) is 0 Å². The van der Waals surface area contributed by atoms with Gasteiger partial charge in [-0.2, -0.15) is 0 Å². The van der Waals surface area contributed by atoms with Crippen molar-refractivity contribution in [1.29, 1.82) is 0 Å². The number of aromatic nitrogens is 2. The average molecular weight is 271 g/mol. The Morgan fingerprint density at radius 3 is 2.80 bits per heavy atom. The Kier molecular flexibility index (Phi) is 4.76. The van der Waals surface area contributed by atoms with Crippen LogP contribution in [0.15, 0.2) is 41.7 Å². The lowest BCUT2D eigenvalue weighted by atomic mass is 10.1. The summed E-state index contributed by atoms with van der Waals surface area (Å²) in [6, 6.07) is 8.53. The van der Waals surface area contributed by atoms with Crippen molar-refractivity contribution >= 4 is 5.96 Å². The largest absolute Gasteiger partial charge is 0.359 e. The number of nitrogens with one attached hydrogen (secondary N) is 2. The van der Waals surface area contributed by atoms with Crippen molar-refractivity contribution in [3.05, 3.63) is 53.6 Å². The third-order valence-corrected chi connectivity index (χ3v) is 3.19. The zero-order valence-corrected chi connectivity index (χ0v) is 12.2. The van der Waals surface area contributed by atoms with Gasteiger partial charge in [0.25, 0.3) is 0 Å². The van der Waals surface area contributed by atoms with Crippen LogP contribution in [-0.4, -0.2) is 29.6 Å². The van der Waals surface area contributed by atoms with Gasteiger partial charge in [-0.3, -0.25) is 4.99 Å². The number of imidazole rings is 1. The van der Waals surface area contributed by atoms with E-state index in [9.17, 15) is 0 Å². The number of hydrogen-bond acceptors (Lipinski definition) is 2. The van der Waals surface area contributed by atoms with Crippen molar-refractivity contribution in [3.8, 4) is 0 Å². The van der Waals surface area contributed by atoms with Gasteiger partial charge in [-0.05, 0) is 18.1 Å². The Balaban J connectivity index is 2.03. The first-order valence-corrected chi connectivity index (χ1v) is 6.67. The van der Waals surface area contributed by atoms with Gasteiger partial charge in [-0.15, -0.1) is 0 Å². The van der Waals surface area contributed by atoms with Crippen LogP contribution in [0.1, 0.15) is 17.0 Å². The van der Waals surface area contributed by atoms with Gasteiger partial charge in [0.2, 0.25) is 0 Å². The monoisotopic (exact) mass is 271 g/mol. The first kappa shape index (κ1) is 14.1. The topological polar surface area (TPSA) is 54.2 Å². The maximum Gasteiger partial charge on any atom is 0.190 e. The SMILES string of the molecule is CN=C(NC)NCc1cccc(Cn2ccnc2C)c1. The van der Waals surface area contributed by atoms with E-state index in [1.54, 1.807) is 7.05 Å². The van der Waals surface area contributed by atoms with Crippen LogP contribution >= 0.6 is 0 Å². The lowest BCUT2D eigenvalue weighted by molar-refractivity contribution is 0.759. The van der Waals surface area contributed by atoms with Gasteiger partial charge in [-0.25, -0.2) is 4.98 Å². The molecule has 2 rings (SSSR count). The lowest BCUT2D eigenvalue weighted by Crippen LogP contribution is -2.34. The molecule has 0 bridgehead atoms. The van der Waals surface area contributed by atoms with E-state index in [1.807, 2.05) is 26.4 Å². The molecule has 2 aromatic rings. The van der Waals surface area contributed by atoms with E-state index in [0.29, 0.717) is 0 Å². The summed E-state index contributed by atoms with van der Waals surface area (Å²) in [6.07, 6.45) is 3.83. The molecule has 0 aliphatic heterocycles. The van der Waals surface area contributed by atoms with Crippen molar-refractivity contribution in [2.24, 2.45) is 4.99 Å². The molecule has 0 spiro atoms. The third-order valence-electron chi connectivity index (χ3n) is 3.19. The number of aliphatic imine (C=N–C) groups is 1. The van der Waals surface area contributed by atoms with Gasteiger partial charge in [0, 0.05) is 39.6 Å². The molecule has 0 amide bonds. The molecule has 5 heteroatoms. The number of guanidine groups is 1. The fourth-order valence-electron chi connectivity index (χ4n) is 2.07. The van der Waals surface area contributed by atoms with Crippen LogP contribution in [0.2, 0.25) is 0 Å². The molecule has 0 atom stereocenters. The van der Waals surface area contributed by atoms with Gasteiger partial charge < -0.3 is 15.2 Å². The zero-order chi connectivity index (χ0) is 14.4. The highest BCUT2D eigenvalue weighted by molar-refractivity contribution is 5.79. The molecule has 0 radical (unpaired) electrons. The Morgan fingerprint density at radius 1 is 1.35 bits per heavy atom. The van der Waals surface area contributed by atoms with Crippen LogP contribution < -0.4 is 10.6 Å². The van der Waals surface area contributed by atoms with Crippen molar-refractivity contribution in [1.82, 2.24) is 20.2 Å². The Labute approximate surface area is 119 Å². The summed E-state index contributed by atoms with van der Waals surface area (Å²) in [5.41, 5.74) is 2.50. The highest BCUT2D eigenvalue weighted by Crippen LogP contribution is 2.08. The summed E-state index contributed by atoms with van der Waals surface area (Å²) >= 11 is 0. The maximum atomic E-state index is 4.24. The van der Waals surface area contributed by atoms with E-state index in [-0.39, 0.29) is 0 Å². The number of hydrogen-bond donors (Lipinski definition) is 2. The molecule has 0 saturated heterocycles. The summed E-state index contributed by atoms with van der Waals surface area (Å²) in [6.45, 7) is 3.62. The second-order valence-electron chi connectivity index (χ2n) is 4.60. The molecule has 1 aromatic heterocycles. The van der Waals surface area contributed by atoms with Crippen molar-refractivity contribution in [2.45, 2.75) is 20.0 Å². The number of rotatable bonds is 4. The van der Waals surface area contributed by atoms with Crippen molar-refractivity contribution in [2.75, 3.05) is 14.1 Å². The van der Waals surface area contributed by atoms with Crippen LogP contribution in [0.4, 0.5) is 0 Å². The molecule has 1 aromatic carbocycles. The molecule has 20 heavy (non-hydrogen) atoms. The van der Waals surface area contributed by atoms with Crippen LogP contribution in [0.3, 0.4) is 0 Å². The molecule has 1 heterocycles. The quantitative estimate of drug-likeness (QED) is 0.655. The predicted molar refractivity (Wildman–Crippen MR) is 81.8 cm³/mol. The number of aryl methyl sites for hydroxylation is 1. The molecule has 0 aliphatic carbocycles. The molecular weight excluding hydrogens is 250 g/mol. The van der Waals surface area contributed by atoms with Crippen LogP contribution in [-0.2, 0) is 13.1 Å². The predicted octanol–water partition coefficient (Wildman–Crippen LogP) is 1.53. The van der Waals surface area contributed by atoms with Gasteiger partial charge in [0.15, 0.2) is 5.96 Å². The highest BCUT2D eigenvalue weighted by Gasteiger charge is 2.01. The minimum absolute atomic E-state index is 0.754. The lowest BCUT2D eigenvalue weighted by Gasteiger charge is -2.10. The Hall–Kier alpha value is -2.30. The Morgan fingerprint density at radius 2 is 2.15 bits per heavy atom. The summed E-state index contributed by atoms with van der Waals surface area (Å²) in [5.74, 6) is 1.82. The summed E-state index contributed by atoms with van der Waals surface area (Å²) < 4.78 is 2.14. The first-order valence-electron chi connectivity index (χ1n) is 6.67. The third kappa shape index (κ3) is 3.60. The first-order chi connectivity index (χ1) is 9.72. The average Bonchev–Trinajstić information content (AvgIpc) is 2.86. The summed E-state index contributed by atoms with van der Waals surface area (Å²) in [7, 11) is 3.62. The van der Waals surface area contributed by atoms with Gasteiger partial charge in [-0.1, -0.05) is 24.3 Å². The molecule has 0 aliphatic rings. The number of benzene rings is 1. The van der Waals surface area contributed by atoms with E-state index in [2.05, 4.69) is 49.4 Å². The minimum Gasteiger partial charge on any atom is -0.359 e. The van der Waals surface area contributed by atoms with E-state index in [1.165, 1.54) is 11.1 Å². The smallest absolute Gasteiger partial charge is 0.190 e. The fraction of sp³-hybridized carbons (Fsp3) is 0.333. The number of nitrogens with zero attached hydrogens (tertiary/aromatic N) is 3. The molecule has 0 unspecified atom stereocenters. The highest BCUT2D eigenvalue weighted by atomic mass is 15.1. The van der Waals surface area contributed by atoms with E-state index < -0.39 is 0 Å². The maximum absolute atomic E-state index is 4.24. The molecule has 0 fully saturated rings. The van der Waals surface area contributed by atoms with Gasteiger partial charge in [0.1, 0.15) is 5.82 Å². The van der Waals surface area contributed by atoms with E-state index >= 15 is 0 Å². The molecule has 0 saturated carbocycles. The standard InChI is InChI=1S/C15H21N5/c1-12-18-7-8-20(12)11-14-6-4-5-13(9-14)10-19-15(16-2)17-3/h4-9H,10-11H2,1-3H3,(H2,16,17,19). The zero-order valence-electron chi connectivity index (χ0n) is 12.2. The second kappa shape index (κ2) is 6.75. The molecular formula is C15H21N5. The van der Waals surface area contributed by atoms with E-state index in [4.69, 9.17) is 0 Å². The second-order valence-corrected chi connectivity index (χ2v) is 4.60. The van der Waals surface area contributed by atoms with Gasteiger partial charge >= 0.3 is 0 Å². The van der Waals surface area contributed by atoms with Crippen LogP contribution in [0.25, 0.3) is 0 Å².